The van der Waals surface area contributed by atoms with Gasteiger partial charge in [-0.05, 0) is 37.3 Å². The van der Waals surface area contributed by atoms with E-state index in [1.165, 1.54) is 4.88 Å². The van der Waals surface area contributed by atoms with Crippen LogP contribution in [-0.2, 0) is 20.7 Å². The molecule has 1 N–H and O–H groups in total. The van der Waals surface area contributed by atoms with Crippen molar-refractivity contribution in [2.45, 2.75) is 32.4 Å². The zero-order valence-electron chi connectivity index (χ0n) is 10.8. The summed E-state index contributed by atoms with van der Waals surface area (Å²) in [5.41, 5.74) is 1.07. The molecule has 1 aromatic heterocycles. The predicted molar refractivity (Wildman–Crippen MR) is 70.8 cm³/mol. The molecular weight excluding hydrogens is 250 g/mol. The molecule has 2 atom stereocenters. The number of ether oxygens (including phenoxy) is 2. The van der Waals surface area contributed by atoms with Crippen LogP contribution in [0.25, 0.3) is 0 Å². The van der Waals surface area contributed by atoms with Crippen LogP contribution in [0.2, 0.25) is 0 Å². The molecule has 2 unspecified atom stereocenters. The summed E-state index contributed by atoms with van der Waals surface area (Å²) in [6, 6.07) is 1.69. The first-order valence-electron chi connectivity index (χ1n) is 6.30. The van der Waals surface area contributed by atoms with Crippen LogP contribution >= 0.6 is 11.3 Å². The lowest BCUT2D eigenvalue weighted by molar-refractivity contribution is -0.153. The number of carbonyl (C=O) groups is 1. The molecular formula is C13H19NO3S. The molecule has 0 amide bonds. The summed E-state index contributed by atoms with van der Waals surface area (Å²) < 4.78 is 10.6. The number of hydrogen-bond donors (Lipinski definition) is 1. The molecule has 18 heavy (non-hydrogen) atoms. The standard InChI is InChI=1S/C13H19NO3S/c1-3-16-8-9(2)17-13(15)12-10-5-7-18-11(10)4-6-14-12/h5,7,9,12,14H,3-4,6,8H2,1-2H3. The lowest BCUT2D eigenvalue weighted by Crippen LogP contribution is -2.37. The van der Waals surface area contributed by atoms with Gasteiger partial charge < -0.3 is 14.8 Å². The molecule has 0 saturated heterocycles. The van der Waals surface area contributed by atoms with Gasteiger partial charge in [-0.1, -0.05) is 0 Å². The van der Waals surface area contributed by atoms with Crippen molar-refractivity contribution in [1.29, 1.82) is 0 Å². The fourth-order valence-corrected chi connectivity index (χ4v) is 2.97. The van der Waals surface area contributed by atoms with Gasteiger partial charge >= 0.3 is 5.97 Å². The van der Waals surface area contributed by atoms with Crippen molar-refractivity contribution in [2.75, 3.05) is 19.8 Å². The third-order valence-electron chi connectivity index (χ3n) is 2.90. The lowest BCUT2D eigenvalue weighted by atomic mass is 10.0. The summed E-state index contributed by atoms with van der Waals surface area (Å²) in [6.07, 6.45) is 0.786. The van der Waals surface area contributed by atoms with Crippen LogP contribution in [0.3, 0.4) is 0 Å². The highest BCUT2D eigenvalue weighted by Crippen LogP contribution is 2.28. The number of carbonyl (C=O) groups excluding carboxylic acids is 1. The maximum Gasteiger partial charge on any atom is 0.328 e. The van der Waals surface area contributed by atoms with E-state index in [9.17, 15) is 4.79 Å². The highest BCUT2D eigenvalue weighted by Gasteiger charge is 2.29. The molecule has 0 aromatic carbocycles. The monoisotopic (exact) mass is 269 g/mol. The van der Waals surface area contributed by atoms with E-state index in [1.54, 1.807) is 11.3 Å². The van der Waals surface area contributed by atoms with Gasteiger partial charge in [0.2, 0.25) is 0 Å². The maximum absolute atomic E-state index is 12.1. The normalized spacial score (nSPS) is 20.2. The van der Waals surface area contributed by atoms with Crippen LogP contribution in [0.5, 0.6) is 0 Å². The smallest absolute Gasteiger partial charge is 0.328 e. The number of rotatable bonds is 5. The van der Waals surface area contributed by atoms with Crippen molar-refractivity contribution in [3.05, 3.63) is 21.9 Å². The summed E-state index contributed by atoms with van der Waals surface area (Å²) in [6.45, 7) is 5.69. The minimum absolute atomic E-state index is 0.205. The molecule has 0 saturated carbocycles. The molecule has 0 spiro atoms. The van der Waals surface area contributed by atoms with Crippen LogP contribution in [-0.4, -0.2) is 31.8 Å². The van der Waals surface area contributed by atoms with Crippen molar-refractivity contribution in [3.63, 3.8) is 0 Å². The zero-order chi connectivity index (χ0) is 13.0. The molecule has 5 heteroatoms. The Morgan fingerprint density at radius 1 is 1.67 bits per heavy atom. The number of fused-ring (bicyclic) bond motifs is 1. The lowest BCUT2D eigenvalue weighted by Gasteiger charge is -2.24. The molecule has 0 aliphatic carbocycles. The fourth-order valence-electron chi connectivity index (χ4n) is 2.05. The molecule has 0 radical (unpaired) electrons. The van der Waals surface area contributed by atoms with Crippen molar-refractivity contribution < 1.29 is 14.3 Å². The second-order valence-electron chi connectivity index (χ2n) is 4.34. The first kappa shape index (κ1) is 13.5. The molecule has 1 aliphatic heterocycles. The van der Waals surface area contributed by atoms with Crippen LogP contribution in [0.15, 0.2) is 11.4 Å². The average molecular weight is 269 g/mol. The topological polar surface area (TPSA) is 47.6 Å². The van der Waals surface area contributed by atoms with Gasteiger partial charge in [-0.25, -0.2) is 4.79 Å². The summed E-state index contributed by atoms with van der Waals surface area (Å²) in [5, 5.41) is 5.24. The molecule has 0 bridgehead atoms. The van der Waals surface area contributed by atoms with E-state index in [0.29, 0.717) is 13.2 Å². The fraction of sp³-hybridized carbons (Fsp3) is 0.615. The van der Waals surface area contributed by atoms with Gasteiger partial charge in [0.15, 0.2) is 0 Å². The highest BCUT2D eigenvalue weighted by molar-refractivity contribution is 7.10. The van der Waals surface area contributed by atoms with Crippen molar-refractivity contribution in [1.82, 2.24) is 5.32 Å². The van der Waals surface area contributed by atoms with E-state index in [-0.39, 0.29) is 18.1 Å². The molecule has 1 aliphatic rings. The van der Waals surface area contributed by atoms with Crippen LogP contribution in [0.1, 0.15) is 30.3 Å². The second-order valence-corrected chi connectivity index (χ2v) is 5.34. The largest absolute Gasteiger partial charge is 0.459 e. The Morgan fingerprint density at radius 2 is 2.50 bits per heavy atom. The second kappa shape index (κ2) is 6.31. The van der Waals surface area contributed by atoms with Gasteiger partial charge in [0.1, 0.15) is 12.1 Å². The first-order valence-corrected chi connectivity index (χ1v) is 7.18. The molecule has 0 fully saturated rings. The number of hydrogen-bond acceptors (Lipinski definition) is 5. The van der Waals surface area contributed by atoms with Crippen LogP contribution < -0.4 is 5.32 Å². The Hall–Kier alpha value is -0.910. The Morgan fingerprint density at radius 3 is 3.28 bits per heavy atom. The summed E-state index contributed by atoms with van der Waals surface area (Å²) in [7, 11) is 0. The quantitative estimate of drug-likeness (QED) is 0.829. The van der Waals surface area contributed by atoms with E-state index in [2.05, 4.69) is 5.32 Å². The summed E-state index contributed by atoms with van der Waals surface area (Å²) >= 11 is 1.71. The van der Waals surface area contributed by atoms with E-state index in [0.717, 1.165) is 18.5 Å². The first-order chi connectivity index (χ1) is 8.72. The minimum atomic E-state index is -0.316. The Kier molecular flexibility index (Phi) is 4.74. The third-order valence-corrected chi connectivity index (χ3v) is 3.90. The number of esters is 1. The van der Waals surface area contributed by atoms with Gasteiger partial charge in [-0.3, -0.25) is 0 Å². The van der Waals surface area contributed by atoms with Crippen molar-refractivity contribution >= 4 is 17.3 Å². The van der Waals surface area contributed by atoms with E-state index >= 15 is 0 Å². The average Bonchev–Trinajstić information content (AvgIpc) is 2.84. The molecule has 2 rings (SSSR count). The third kappa shape index (κ3) is 3.10. The van der Waals surface area contributed by atoms with Gasteiger partial charge in [-0.2, -0.15) is 0 Å². The molecule has 100 valence electrons. The molecule has 2 heterocycles. The number of nitrogens with one attached hydrogen (secondary N) is 1. The van der Waals surface area contributed by atoms with E-state index in [1.807, 2.05) is 25.3 Å². The van der Waals surface area contributed by atoms with Crippen molar-refractivity contribution in [2.24, 2.45) is 0 Å². The summed E-state index contributed by atoms with van der Waals surface area (Å²) in [5.74, 6) is -0.207. The van der Waals surface area contributed by atoms with Crippen LogP contribution in [0, 0.1) is 0 Å². The van der Waals surface area contributed by atoms with E-state index < -0.39 is 0 Å². The SMILES string of the molecule is CCOCC(C)OC(=O)C1NCCc2sccc21. The van der Waals surface area contributed by atoms with Crippen molar-refractivity contribution in [3.8, 4) is 0 Å². The predicted octanol–water partition coefficient (Wildman–Crippen LogP) is 1.90. The molecule has 1 aromatic rings. The van der Waals surface area contributed by atoms with E-state index in [4.69, 9.17) is 9.47 Å². The Bertz CT molecular complexity index is 405. The van der Waals surface area contributed by atoms with Gasteiger partial charge in [-0.15, -0.1) is 11.3 Å². The molecule has 4 nitrogen and oxygen atoms in total. The Labute approximate surface area is 111 Å². The highest BCUT2D eigenvalue weighted by atomic mass is 32.1. The number of thiophene rings is 1. The van der Waals surface area contributed by atoms with Gasteiger partial charge in [0.05, 0.1) is 6.61 Å². The Balaban J connectivity index is 1.94. The van der Waals surface area contributed by atoms with Gasteiger partial charge in [0.25, 0.3) is 0 Å². The van der Waals surface area contributed by atoms with Crippen LogP contribution in [0.4, 0.5) is 0 Å². The zero-order valence-corrected chi connectivity index (χ0v) is 11.6. The minimum Gasteiger partial charge on any atom is -0.459 e. The van der Waals surface area contributed by atoms with Gasteiger partial charge in [0, 0.05) is 18.0 Å². The summed E-state index contributed by atoms with van der Waals surface area (Å²) in [4.78, 5) is 13.4. The maximum atomic E-state index is 12.1.